The van der Waals surface area contributed by atoms with Crippen molar-refractivity contribution in [2.45, 2.75) is 32.8 Å². The van der Waals surface area contributed by atoms with Crippen LogP contribution in [-0.2, 0) is 16.8 Å². The third-order valence-corrected chi connectivity index (χ3v) is 4.10. The lowest BCUT2D eigenvalue weighted by atomic mass is 9.91. The molecule has 26 heavy (non-hydrogen) atoms. The van der Waals surface area contributed by atoms with Crippen molar-refractivity contribution in [3.8, 4) is 0 Å². The SMILES string of the molecule is CC(C)(C)c1ccc(/C=C/C(=O)Nc2ccc3[nH]c(CO)cc3c2)cn1. The highest BCUT2D eigenvalue weighted by atomic mass is 16.3. The minimum atomic E-state index is -0.206. The second kappa shape index (κ2) is 7.14. The summed E-state index contributed by atoms with van der Waals surface area (Å²) >= 11 is 0. The highest BCUT2D eigenvalue weighted by Gasteiger charge is 2.14. The molecule has 0 saturated carbocycles. The van der Waals surface area contributed by atoms with Gasteiger partial charge in [0.25, 0.3) is 0 Å². The maximum Gasteiger partial charge on any atom is 0.248 e. The van der Waals surface area contributed by atoms with Crippen LogP contribution in [0.2, 0.25) is 0 Å². The van der Waals surface area contributed by atoms with Gasteiger partial charge in [-0.3, -0.25) is 9.78 Å². The smallest absolute Gasteiger partial charge is 0.248 e. The van der Waals surface area contributed by atoms with Crippen LogP contribution >= 0.6 is 0 Å². The third kappa shape index (κ3) is 4.18. The zero-order chi connectivity index (χ0) is 18.7. The summed E-state index contributed by atoms with van der Waals surface area (Å²) in [6.07, 6.45) is 5.01. The Kier molecular flexibility index (Phi) is 4.91. The minimum Gasteiger partial charge on any atom is -0.390 e. The van der Waals surface area contributed by atoms with E-state index in [1.807, 2.05) is 36.4 Å². The lowest BCUT2D eigenvalue weighted by Crippen LogP contribution is -2.13. The van der Waals surface area contributed by atoms with Crippen LogP contribution < -0.4 is 5.32 Å². The molecule has 0 aliphatic heterocycles. The Hall–Kier alpha value is -2.92. The second-order valence-electron chi connectivity index (χ2n) is 7.30. The summed E-state index contributed by atoms with van der Waals surface area (Å²) < 4.78 is 0. The summed E-state index contributed by atoms with van der Waals surface area (Å²) in [5, 5.41) is 13.0. The van der Waals surface area contributed by atoms with E-state index in [1.54, 1.807) is 12.3 Å². The molecule has 2 aromatic heterocycles. The number of benzene rings is 1. The van der Waals surface area contributed by atoms with Crippen molar-refractivity contribution < 1.29 is 9.90 Å². The topological polar surface area (TPSA) is 78.0 Å². The number of anilines is 1. The summed E-state index contributed by atoms with van der Waals surface area (Å²) in [6.45, 7) is 6.30. The lowest BCUT2D eigenvalue weighted by Gasteiger charge is -2.17. The molecule has 3 aromatic rings. The van der Waals surface area contributed by atoms with E-state index in [-0.39, 0.29) is 17.9 Å². The maximum atomic E-state index is 12.1. The van der Waals surface area contributed by atoms with Crippen LogP contribution in [0.4, 0.5) is 5.69 Å². The minimum absolute atomic E-state index is 0.00633. The van der Waals surface area contributed by atoms with Crippen molar-refractivity contribution in [1.82, 2.24) is 9.97 Å². The van der Waals surface area contributed by atoms with E-state index >= 15 is 0 Å². The van der Waals surface area contributed by atoms with Crippen LogP contribution in [0.5, 0.6) is 0 Å². The van der Waals surface area contributed by atoms with Gasteiger partial charge in [0.15, 0.2) is 0 Å². The summed E-state index contributed by atoms with van der Waals surface area (Å²) in [5.74, 6) is -0.206. The predicted molar refractivity (Wildman–Crippen MR) is 105 cm³/mol. The number of fused-ring (bicyclic) bond motifs is 1. The van der Waals surface area contributed by atoms with Gasteiger partial charge in [-0.2, -0.15) is 0 Å². The fourth-order valence-corrected chi connectivity index (χ4v) is 2.66. The molecule has 1 amide bonds. The van der Waals surface area contributed by atoms with Crippen LogP contribution in [0.3, 0.4) is 0 Å². The Labute approximate surface area is 152 Å². The first-order valence-electron chi connectivity index (χ1n) is 8.53. The van der Waals surface area contributed by atoms with E-state index in [9.17, 15) is 9.90 Å². The predicted octanol–water partition coefficient (Wildman–Crippen LogP) is 4.00. The average Bonchev–Trinajstić information content (AvgIpc) is 3.02. The maximum absolute atomic E-state index is 12.1. The molecule has 0 fully saturated rings. The Morgan fingerprint density at radius 1 is 1.23 bits per heavy atom. The summed E-state index contributed by atoms with van der Waals surface area (Å²) in [4.78, 5) is 19.7. The van der Waals surface area contributed by atoms with Gasteiger partial charge in [-0.05, 0) is 42.0 Å². The second-order valence-corrected chi connectivity index (χ2v) is 7.30. The molecule has 0 spiro atoms. The largest absolute Gasteiger partial charge is 0.390 e. The molecule has 0 atom stereocenters. The number of nitrogens with one attached hydrogen (secondary N) is 2. The Bertz CT molecular complexity index is 948. The van der Waals surface area contributed by atoms with Gasteiger partial charge in [-0.1, -0.05) is 26.8 Å². The van der Waals surface area contributed by atoms with Crippen LogP contribution in [0, 0.1) is 0 Å². The quantitative estimate of drug-likeness (QED) is 0.623. The van der Waals surface area contributed by atoms with E-state index in [0.29, 0.717) is 5.69 Å². The van der Waals surface area contributed by atoms with E-state index < -0.39 is 0 Å². The number of pyridine rings is 1. The van der Waals surface area contributed by atoms with Crippen molar-refractivity contribution in [2.75, 3.05) is 5.32 Å². The number of aliphatic hydroxyl groups is 1. The number of hydrogen-bond acceptors (Lipinski definition) is 3. The van der Waals surface area contributed by atoms with Gasteiger partial charge in [0, 0.05) is 45.7 Å². The molecule has 5 nitrogen and oxygen atoms in total. The molecule has 1 aromatic carbocycles. The number of aromatic amines is 1. The van der Waals surface area contributed by atoms with E-state index in [2.05, 4.69) is 36.1 Å². The normalized spacial score (nSPS) is 12.0. The molecule has 0 saturated heterocycles. The number of amides is 1. The zero-order valence-corrected chi connectivity index (χ0v) is 15.2. The number of nitrogens with zero attached hydrogens (tertiary/aromatic N) is 1. The number of carbonyl (C=O) groups excluding carboxylic acids is 1. The first-order valence-corrected chi connectivity index (χ1v) is 8.53. The molecule has 134 valence electrons. The number of H-pyrrole nitrogens is 1. The van der Waals surface area contributed by atoms with Crippen molar-refractivity contribution in [2.24, 2.45) is 0 Å². The fraction of sp³-hybridized carbons (Fsp3) is 0.238. The first kappa shape index (κ1) is 17.9. The third-order valence-electron chi connectivity index (χ3n) is 4.10. The Morgan fingerprint density at radius 2 is 2.04 bits per heavy atom. The van der Waals surface area contributed by atoms with E-state index in [1.165, 1.54) is 6.08 Å². The molecule has 2 heterocycles. The Morgan fingerprint density at radius 3 is 2.69 bits per heavy atom. The molecule has 3 rings (SSSR count). The van der Waals surface area contributed by atoms with Gasteiger partial charge in [0.2, 0.25) is 5.91 Å². The lowest BCUT2D eigenvalue weighted by molar-refractivity contribution is -0.111. The zero-order valence-electron chi connectivity index (χ0n) is 15.2. The monoisotopic (exact) mass is 349 g/mol. The van der Waals surface area contributed by atoms with Gasteiger partial charge < -0.3 is 15.4 Å². The van der Waals surface area contributed by atoms with Crippen LogP contribution in [0.25, 0.3) is 17.0 Å². The molecule has 0 aliphatic carbocycles. The van der Waals surface area contributed by atoms with Gasteiger partial charge in [0.1, 0.15) is 0 Å². The fourth-order valence-electron chi connectivity index (χ4n) is 2.66. The summed E-state index contributed by atoms with van der Waals surface area (Å²) in [6, 6.07) is 11.4. The van der Waals surface area contributed by atoms with Gasteiger partial charge >= 0.3 is 0 Å². The molecule has 0 bridgehead atoms. The van der Waals surface area contributed by atoms with Gasteiger partial charge in [-0.15, -0.1) is 0 Å². The average molecular weight is 349 g/mol. The van der Waals surface area contributed by atoms with Crippen LogP contribution in [-0.4, -0.2) is 21.0 Å². The van der Waals surface area contributed by atoms with Gasteiger partial charge in [0.05, 0.1) is 6.61 Å². The number of aromatic nitrogens is 2. The first-order chi connectivity index (χ1) is 12.3. The number of hydrogen-bond donors (Lipinski definition) is 3. The van der Waals surface area contributed by atoms with Gasteiger partial charge in [-0.25, -0.2) is 0 Å². The molecule has 0 unspecified atom stereocenters. The van der Waals surface area contributed by atoms with Crippen LogP contribution in [0.1, 0.15) is 37.7 Å². The number of carbonyl (C=O) groups is 1. The standard InChI is InChI=1S/C21H23N3O2/c1-21(2,3)19-8-4-14(12-22-19)5-9-20(26)24-16-6-7-18-15(10-16)11-17(13-25)23-18/h4-12,23,25H,13H2,1-3H3,(H,24,26)/b9-5+. The molecular weight excluding hydrogens is 326 g/mol. The molecular formula is C21H23N3O2. The van der Waals surface area contributed by atoms with Crippen LogP contribution in [0.15, 0.2) is 48.7 Å². The molecule has 0 aliphatic rings. The molecule has 0 radical (unpaired) electrons. The van der Waals surface area contributed by atoms with Crippen molar-refractivity contribution >= 4 is 28.6 Å². The molecule has 5 heteroatoms. The van der Waals surface area contributed by atoms with E-state index in [4.69, 9.17) is 0 Å². The highest BCUT2D eigenvalue weighted by molar-refractivity contribution is 6.03. The number of rotatable bonds is 4. The highest BCUT2D eigenvalue weighted by Crippen LogP contribution is 2.21. The molecule has 3 N–H and O–H groups in total. The van der Waals surface area contributed by atoms with E-state index in [0.717, 1.165) is 27.9 Å². The van der Waals surface area contributed by atoms with Crippen molar-refractivity contribution in [3.63, 3.8) is 0 Å². The van der Waals surface area contributed by atoms with Crippen molar-refractivity contribution in [1.29, 1.82) is 0 Å². The summed E-state index contributed by atoms with van der Waals surface area (Å²) in [5.41, 5.74) is 4.27. The van der Waals surface area contributed by atoms with Crippen molar-refractivity contribution in [3.05, 3.63) is 65.6 Å². The number of aliphatic hydroxyl groups excluding tert-OH is 1. The Balaban J connectivity index is 1.67. The summed E-state index contributed by atoms with van der Waals surface area (Å²) in [7, 11) is 0.